The molecule has 0 fully saturated rings. The van der Waals surface area contributed by atoms with Crippen LogP contribution in [0.1, 0.15) is 11.1 Å². The average Bonchev–Trinajstić information content (AvgIpc) is 3.33. The Balaban J connectivity index is 1.59. The zero-order valence-corrected chi connectivity index (χ0v) is 21.8. The first kappa shape index (κ1) is 28.4. The molecule has 0 aliphatic carbocycles. The molecular formula is C27H23N5O9. The molecule has 1 N–H and O–H groups in total. The van der Waals surface area contributed by atoms with Gasteiger partial charge in [0.25, 0.3) is 17.5 Å². The second kappa shape index (κ2) is 12.0. The Morgan fingerprint density at radius 1 is 0.951 bits per heavy atom. The lowest BCUT2D eigenvalue weighted by Gasteiger charge is -2.14. The molecule has 0 saturated heterocycles. The van der Waals surface area contributed by atoms with Crippen LogP contribution in [-0.4, -0.2) is 53.9 Å². The van der Waals surface area contributed by atoms with Crippen molar-refractivity contribution in [1.29, 1.82) is 0 Å². The van der Waals surface area contributed by atoms with Gasteiger partial charge in [0.05, 0.1) is 35.8 Å². The van der Waals surface area contributed by atoms with Crippen molar-refractivity contribution in [2.75, 3.05) is 25.8 Å². The van der Waals surface area contributed by atoms with E-state index in [0.717, 1.165) is 17.7 Å². The quantitative estimate of drug-likeness (QED) is 0.159. The number of Topliss-reactive ketones (excluding diaryl/α,β-unsaturated/α-hetero) is 1. The van der Waals surface area contributed by atoms with Gasteiger partial charge in [0.1, 0.15) is 5.69 Å². The van der Waals surface area contributed by atoms with E-state index >= 15 is 0 Å². The van der Waals surface area contributed by atoms with Gasteiger partial charge in [0.2, 0.25) is 5.78 Å². The standard InChI is InChI=1S/C27H23N5O9/c1-40-21-11-8-16(14-22(21)41-2)12-13-28-26(34)25(33)23-24(17-6-4-3-5-7-17)29-30(27(23)35)19-10-9-18(31(36)37)15-20(19)32(38)39/h3-11,14-15,23H,12-13H2,1-2H3,(H,28,34)/t23-/m0/s1. The lowest BCUT2D eigenvalue weighted by Crippen LogP contribution is -2.43. The van der Waals surface area contributed by atoms with Gasteiger partial charge in [-0.2, -0.15) is 10.1 Å². The smallest absolute Gasteiger partial charge is 0.301 e. The summed E-state index contributed by atoms with van der Waals surface area (Å²) in [4.78, 5) is 60.8. The Labute approximate surface area is 232 Å². The van der Waals surface area contributed by atoms with Crippen LogP contribution in [0.25, 0.3) is 0 Å². The number of carbonyl (C=O) groups is 3. The second-order valence-corrected chi connectivity index (χ2v) is 8.68. The minimum Gasteiger partial charge on any atom is -0.493 e. The normalized spacial score (nSPS) is 14.3. The molecule has 210 valence electrons. The van der Waals surface area contributed by atoms with Crippen molar-refractivity contribution in [3.63, 3.8) is 0 Å². The predicted molar refractivity (Wildman–Crippen MR) is 145 cm³/mol. The number of nitro groups is 2. The Kier molecular flexibility index (Phi) is 8.32. The number of hydrazone groups is 1. The number of non-ortho nitro benzene ring substituents is 1. The Bertz CT molecular complexity index is 1570. The number of ether oxygens (including phenoxy) is 2. The number of hydrogen-bond donors (Lipinski definition) is 1. The maximum atomic E-state index is 13.5. The summed E-state index contributed by atoms with van der Waals surface area (Å²) in [5.74, 6) is -3.85. The summed E-state index contributed by atoms with van der Waals surface area (Å²) >= 11 is 0. The van der Waals surface area contributed by atoms with Crippen molar-refractivity contribution in [1.82, 2.24) is 5.32 Å². The highest BCUT2D eigenvalue weighted by Gasteiger charge is 2.46. The highest BCUT2D eigenvalue weighted by atomic mass is 16.6. The van der Waals surface area contributed by atoms with E-state index in [1.54, 1.807) is 48.5 Å². The Hall–Kier alpha value is -5.66. The summed E-state index contributed by atoms with van der Waals surface area (Å²) in [7, 11) is 2.99. The lowest BCUT2D eigenvalue weighted by molar-refractivity contribution is -0.393. The molecule has 1 aliphatic rings. The second-order valence-electron chi connectivity index (χ2n) is 8.68. The van der Waals surface area contributed by atoms with Crippen LogP contribution in [0.5, 0.6) is 11.5 Å². The first-order valence-corrected chi connectivity index (χ1v) is 12.1. The maximum Gasteiger partial charge on any atom is 0.301 e. The molecule has 1 heterocycles. The molecule has 1 atom stereocenters. The molecule has 3 aromatic carbocycles. The van der Waals surface area contributed by atoms with E-state index in [1.807, 2.05) is 0 Å². The summed E-state index contributed by atoms with van der Waals surface area (Å²) in [6.07, 6.45) is 0.332. The fraction of sp³-hybridized carbons (Fsp3) is 0.185. The monoisotopic (exact) mass is 561 g/mol. The number of anilines is 1. The van der Waals surface area contributed by atoms with Gasteiger partial charge in [0.15, 0.2) is 17.4 Å². The summed E-state index contributed by atoms with van der Waals surface area (Å²) in [5, 5.41) is 30.1. The number of ketones is 1. The molecule has 0 aromatic heterocycles. The fourth-order valence-corrected chi connectivity index (χ4v) is 4.22. The van der Waals surface area contributed by atoms with E-state index in [9.17, 15) is 34.6 Å². The van der Waals surface area contributed by atoms with Crippen LogP contribution >= 0.6 is 0 Å². The molecule has 3 aromatic rings. The van der Waals surface area contributed by atoms with Crippen molar-refractivity contribution >= 4 is 40.4 Å². The van der Waals surface area contributed by atoms with Crippen molar-refractivity contribution < 1.29 is 33.7 Å². The number of nitro benzene ring substituents is 2. The third kappa shape index (κ3) is 5.85. The molecule has 0 bridgehead atoms. The molecule has 0 saturated carbocycles. The molecule has 0 unspecified atom stereocenters. The summed E-state index contributed by atoms with van der Waals surface area (Å²) in [5.41, 5.74) is -0.691. The molecule has 1 aliphatic heterocycles. The minimum atomic E-state index is -1.70. The average molecular weight is 562 g/mol. The van der Waals surface area contributed by atoms with Gasteiger partial charge in [-0.1, -0.05) is 36.4 Å². The number of nitrogens with one attached hydrogen (secondary N) is 1. The maximum absolute atomic E-state index is 13.5. The van der Waals surface area contributed by atoms with E-state index in [0.29, 0.717) is 34.6 Å². The van der Waals surface area contributed by atoms with E-state index in [2.05, 4.69) is 10.4 Å². The SMILES string of the molecule is COc1ccc(CCNC(=O)C(=O)[C@H]2C(=O)N(c3ccc([N+](=O)[O-])cc3[N+](=O)[O-])N=C2c2ccccc2)cc1OC. The van der Waals surface area contributed by atoms with E-state index in [4.69, 9.17) is 9.47 Å². The van der Waals surface area contributed by atoms with Gasteiger partial charge in [-0.15, -0.1) is 0 Å². The van der Waals surface area contributed by atoms with Crippen LogP contribution in [0.3, 0.4) is 0 Å². The Morgan fingerprint density at radius 2 is 1.66 bits per heavy atom. The third-order valence-electron chi connectivity index (χ3n) is 6.23. The third-order valence-corrected chi connectivity index (χ3v) is 6.23. The Morgan fingerprint density at radius 3 is 2.29 bits per heavy atom. The number of rotatable bonds is 11. The predicted octanol–water partition coefficient (Wildman–Crippen LogP) is 2.82. The molecule has 4 rings (SSSR count). The zero-order chi connectivity index (χ0) is 29.7. The van der Waals surface area contributed by atoms with Crippen LogP contribution in [-0.2, 0) is 20.8 Å². The molecule has 2 amide bonds. The number of carbonyl (C=O) groups excluding carboxylic acids is 3. The van der Waals surface area contributed by atoms with Gasteiger partial charge >= 0.3 is 5.69 Å². The molecular weight excluding hydrogens is 538 g/mol. The van der Waals surface area contributed by atoms with Crippen LogP contribution < -0.4 is 19.8 Å². The first-order valence-electron chi connectivity index (χ1n) is 12.1. The van der Waals surface area contributed by atoms with Crippen LogP contribution in [0, 0.1) is 26.1 Å². The highest BCUT2D eigenvalue weighted by molar-refractivity contribution is 6.49. The summed E-state index contributed by atoms with van der Waals surface area (Å²) in [6.45, 7) is 0.0519. The van der Waals surface area contributed by atoms with Crippen LogP contribution in [0.15, 0.2) is 71.8 Å². The highest BCUT2D eigenvalue weighted by Crippen LogP contribution is 2.36. The molecule has 14 nitrogen and oxygen atoms in total. The molecule has 14 heteroatoms. The number of methoxy groups -OCH3 is 2. The number of amides is 2. The van der Waals surface area contributed by atoms with Gasteiger partial charge in [-0.25, -0.2) is 0 Å². The van der Waals surface area contributed by atoms with Gasteiger partial charge < -0.3 is 14.8 Å². The summed E-state index contributed by atoms with van der Waals surface area (Å²) < 4.78 is 10.5. The van der Waals surface area contributed by atoms with Gasteiger partial charge in [-0.05, 0) is 35.7 Å². The van der Waals surface area contributed by atoms with Gasteiger partial charge in [-0.3, -0.25) is 34.6 Å². The molecule has 0 spiro atoms. The molecule has 41 heavy (non-hydrogen) atoms. The number of nitrogens with zero attached hydrogens (tertiary/aromatic N) is 4. The van der Waals surface area contributed by atoms with Gasteiger partial charge in [0, 0.05) is 12.6 Å². The largest absolute Gasteiger partial charge is 0.493 e. The topological polar surface area (TPSA) is 184 Å². The first-order chi connectivity index (χ1) is 19.7. The van der Waals surface area contributed by atoms with E-state index in [1.165, 1.54) is 14.2 Å². The van der Waals surface area contributed by atoms with E-state index in [-0.39, 0.29) is 17.9 Å². The summed E-state index contributed by atoms with van der Waals surface area (Å²) in [6, 6.07) is 15.9. The van der Waals surface area contributed by atoms with Crippen molar-refractivity contribution in [3.8, 4) is 11.5 Å². The zero-order valence-electron chi connectivity index (χ0n) is 21.8. The molecule has 0 radical (unpaired) electrons. The van der Waals surface area contributed by atoms with Crippen molar-refractivity contribution in [2.24, 2.45) is 11.0 Å². The van der Waals surface area contributed by atoms with Crippen molar-refractivity contribution in [2.45, 2.75) is 6.42 Å². The fourth-order valence-electron chi connectivity index (χ4n) is 4.22. The minimum absolute atomic E-state index is 0.0519. The van der Waals surface area contributed by atoms with Crippen molar-refractivity contribution in [3.05, 3.63) is 98.1 Å². The van der Waals surface area contributed by atoms with Crippen LogP contribution in [0.2, 0.25) is 0 Å². The number of benzene rings is 3. The lowest BCUT2D eigenvalue weighted by atomic mass is 9.92. The van der Waals surface area contributed by atoms with Crippen LogP contribution in [0.4, 0.5) is 17.1 Å². The number of hydrogen-bond acceptors (Lipinski definition) is 10. The van der Waals surface area contributed by atoms with E-state index < -0.39 is 44.7 Å².